The number of carbonyl (C=O) groups excluding carboxylic acids is 2. The van der Waals surface area contributed by atoms with E-state index in [1.165, 1.54) is 7.05 Å². The molecule has 5 nitrogen and oxygen atoms in total. The lowest BCUT2D eigenvalue weighted by Gasteiger charge is -2.33. The monoisotopic (exact) mass is 197 g/mol. The molecule has 78 valence electrons. The summed E-state index contributed by atoms with van der Waals surface area (Å²) in [5.74, 6) is -0.102. The van der Waals surface area contributed by atoms with E-state index in [1.54, 1.807) is 0 Å². The van der Waals surface area contributed by atoms with Gasteiger partial charge in [-0.25, -0.2) is 4.79 Å². The summed E-state index contributed by atoms with van der Waals surface area (Å²) in [4.78, 5) is 24.3. The van der Waals surface area contributed by atoms with Gasteiger partial charge in [0, 0.05) is 13.1 Å². The molecular weight excluding hydrogens is 182 g/mol. The van der Waals surface area contributed by atoms with Gasteiger partial charge in [0.1, 0.15) is 5.54 Å². The SMILES string of the molecule is CN1C(=O)NC2(CCC(N)CC2)C1=O. The first kappa shape index (κ1) is 9.45. The fourth-order valence-electron chi connectivity index (χ4n) is 2.23. The molecule has 1 spiro atoms. The van der Waals surface area contributed by atoms with Crippen molar-refractivity contribution in [1.29, 1.82) is 0 Å². The Bertz CT molecular complexity index is 282. The Morgan fingerprint density at radius 2 is 2.00 bits per heavy atom. The van der Waals surface area contributed by atoms with Crippen LogP contribution in [0.1, 0.15) is 25.7 Å². The Morgan fingerprint density at radius 3 is 2.43 bits per heavy atom. The Hall–Kier alpha value is -1.10. The smallest absolute Gasteiger partial charge is 0.324 e. The topological polar surface area (TPSA) is 75.4 Å². The minimum atomic E-state index is -0.637. The molecule has 5 heteroatoms. The molecule has 0 radical (unpaired) electrons. The van der Waals surface area contributed by atoms with Gasteiger partial charge in [0.05, 0.1) is 0 Å². The number of carbonyl (C=O) groups is 2. The predicted molar refractivity (Wildman–Crippen MR) is 50.5 cm³/mol. The van der Waals surface area contributed by atoms with Crippen LogP contribution in [0.5, 0.6) is 0 Å². The summed E-state index contributed by atoms with van der Waals surface area (Å²) in [5, 5.41) is 2.77. The van der Waals surface area contributed by atoms with E-state index < -0.39 is 5.54 Å². The van der Waals surface area contributed by atoms with Crippen LogP contribution < -0.4 is 11.1 Å². The predicted octanol–water partition coefficient (Wildman–Crippen LogP) is -0.192. The Morgan fingerprint density at radius 1 is 1.43 bits per heavy atom. The Labute approximate surface area is 82.6 Å². The van der Waals surface area contributed by atoms with Crippen LogP contribution in [-0.2, 0) is 4.79 Å². The summed E-state index contributed by atoms with van der Waals surface area (Å²) >= 11 is 0. The normalized spacial score (nSPS) is 37.9. The van der Waals surface area contributed by atoms with Crippen LogP contribution in [0.3, 0.4) is 0 Å². The summed E-state index contributed by atoms with van der Waals surface area (Å²) in [6.07, 6.45) is 2.95. The third-order valence-corrected chi connectivity index (χ3v) is 3.25. The molecule has 0 aromatic rings. The van der Waals surface area contributed by atoms with Crippen LogP contribution in [0.2, 0.25) is 0 Å². The van der Waals surface area contributed by atoms with E-state index in [0.717, 1.165) is 17.7 Å². The maximum absolute atomic E-state index is 11.8. The summed E-state index contributed by atoms with van der Waals surface area (Å²) in [7, 11) is 1.51. The molecule has 0 aromatic heterocycles. The van der Waals surface area contributed by atoms with Crippen molar-refractivity contribution in [2.24, 2.45) is 5.73 Å². The van der Waals surface area contributed by atoms with Crippen LogP contribution in [0.25, 0.3) is 0 Å². The lowest BCUT2D eigenvalue weighted by atomic mass is 9.79. The molecule has 3 amide bonds. The second-order valence-electron chi connectivity index (χ2n) is 4.21. The van der Waals surface area contributed by atoms with Gasteiger partial charge in [0.2, 0.25) is 0 Å². The number of hydrogen-bond donors (Lipinski definition) is 2. The zero-order valence-electron chi connectivity index (χ0n) is 8.25. The molecule has 0 bridgehead atoms. The van der Waals surface area contributed by atoms with Crippen LogP contribution in [0.15, 0.2) is 0 Å². The standard InChI is InChI=1S/C9H15N3O2/c1-12-7(13)9(11-8(12)14)4-2-6(10)3-5-9/h6H,2-5,10H2,1H3,(H,11,14). The summed E-state index contributed by atoms with van der Waals surface area (Å²) < 4.78 is 0. The number of nitrogens with two attached hydrogens (primary N) is 1. The Kier molecular flexibility index (Phi) is 1.99. The molecule has 0 aromatic carbocycles. The van der Waals surface area contributed by atoms with E-state index in [-0.39, 0.29) is 18.0 Å². The number of nitrogens with one attached hydrogen (secondary N) is 1. The number of urea groups is 1. The van der Waals surface area contributed by atoms with E-state index in [4.69, 9.17) is 5.73 Å². The summed E-state index contributed by atoms with van der Waals surface area (Å²) in [6, 6.07) is -0.110. The summed E-state index contributed by atoms with van der Waals surface area (Å²) in [5.41, 5.74) is 5.13. The van der Waals surface area contributed by atoms with E-state index in [9.17, 15) is 9.59 Å². The first-order chi connectivity index (χ1) is 6.55. The zero-order valence-corrected chi connectivity index (χ0v) is 8.25. The molecule has 1 saturated heterocycles. The van der Waals surface area contributed by atoms with Crippen LogP contribution in [0, 0.1) is 0 Å². The number of imide groups is 1. The van der Waals surface area contributed by atoms with E-state index in [1.807, 2.05) is 0 Å². The average molecular weight is 197 g/mol. The first-order valence-electron chi connectivity index (χ1n) is 4.91. The van der Waals surface area contributed by atoms with Gasteiger partial charge in [-0.05, 0) is 25.7 Å². The minimum absolute atomic E-state index is 0.102. The highest BCUT2D eigenvalue weighted by atomic mass is 16.2. The van der Waals surface area contributed by atoms with Gasteiger partial charge in [-0.3, -0.25) is 9.69 Å². The number of nitrogens with zero attached hydrogens (tertiary/aromatic N) is 1. The van der Waals surface area contributed by atoms with Crippen molar-refractivity contribution in [3.63, 3.8) is 0 Å². The lowest BCUT2D eigenvalue weighted by Crippen LogP contribution is -2.51. The third kappa shape index (κ3) is 1.19. The maximum Gasteiger partial charge on any atom is 0.324 e. The zero-order chi connectivity index (χ0) is 10.3. The van der Waals surface area contributed by atoms with Crippen LogP contribution >= 0.6 is 0 Å². The molecule has 2 rings (SSSR count). The fraction of sp³-hybridized carbons (Fsp3) is 0.778. The third-order valence-electron chi connectivity index (χ3n) is 3.25. The van der Waals surface area contributed by atoms with Gasteiger partial charge in [-0.1, -0.05) is 0 Å². The van der Waals surface area contributed by atoms with E-state index in [2.05, 4.69) is 5.32 Å². The van der Waals surface area contributed by atoms with E-state index >= 15 is 0 Å². The van der Waals surface area contributed by atoms with Gasteiger partial charge < -0.3 is 11.1 Å². The van der Waals surface area contributed by atoms with Crippen molar-refractivity contribution in [3.05, 3.63) is 0 Å². The first-order valence-corrected chi connectivity index (χ1v) is 4.91. The summed E-state index contributed by atoms with van der Waals surface area (Å²) in [6.45, 7) is 0. The van der Waals surface area contributed by atoms with Crippen LogP contribution in [-0.4, -0.2) is 35.5 Å². The molecule has 2 fully saturated rings. The molecule has 2 aliphatic rings. The van der Waals surface area contributed by atoms with Gasteiger partial charge in [0.25, 0.3) is 5.91 Å². The molecule has 1 aliphatic heterocycles. The van der Waals surface area contributed by atoms with Gasteiger partial charge in [0.15, 0.2) is 0 Å². The van der Waals surface area contributed by atoms with Gasteiger partial charge in [-0.2, -0.15) is 0 Å². The fourth-order valence-corrected chi connectivity index (χ4v) is 2.23. The number of amides is 3. The van der Waals surface area contributed by atoms with Crippen LogP contribution in [0.4, 0.5) is 4.79 Å². The van der Waals surface area contributed by atoms with Crippen molar-refractivity contribution in [3.8, 4) is 0 Å². The average Bonchev–Trinajstić information content (AvgIpc) is 2.37. The molecule has 14 heavy (non-hydrogen) atoms. The van der Waals surface area contributed by atoms with Crippen molar-refractivity contribution >= 4 is 11.9 Å². The molecule has 1 saturated carbocycles. The second kappa shape index (κ2) is 2.95. The molecular formula is C9H15N3O2. The van der Waals surface area contributed by atoms with Crippen molar-refractivity contribution in [2.75, 3.05) is 7.05 Å². The Balaban J connectivity index is 2.18. The van der Waals surface area contributed by atoms with Crippen molar-refractivity contribution < 1.29 is 9.59 Å². The molecule has 1 heterocycles. The second-order valence-corrected chi connectivity index (χ2v) is 4.21. The molecule has 0 unspecified atom stereocenters. The maximum atomic E-state index is 11.8. The highest BCUT2D eigenvalue weighted by Gasteiger charge is 2.50. The van der Waals surface area contributed by atoms with Crippen molar-refractivity contribution in [2.45, 2.75) is 37.3 Å². The number of likely N-dealkylation sites (N-methyl/N-ethyl adjacent to an activating group) is 1. The number of rotatable bonds is 0. The molecule has 0 atom stereocenters. The molecule has 1 aliphatic carbocycles. The van der Waals surface area contributed by atoms with Gasteiger partial charge >= 0.3 is 6.03 Å². The number of hydrogen-bond acceptors (Lipinski definition) is 3. The van der Waals surface area contributed by atoms with Crippen molar-refractivity contribution in [1.82, 2.24) is 10.2 Å². The lowest BCUT2D eigenvalue weighted by molar-refractivity contribution is -0.131. The van der Waals surface area contributed by atoms with Gasteiger partial charge in [-0.15, -0.1) is 0 Å². The highest BCUT2D eigenvalue weighted by Crippen LogP contribution is 2.32. The van der Waals surface area contributed by atoms with E-state index in [0.29, 0.717) is 12.8 Å². The highest BCUT2D eigenvalue weighted by molar-refractivity contribution is 6.06. The minimum Gasteiger partial charge on any atom is -0.328 e. The largest absolute Gasteiger partial charge is 0.328 e. The quantitative estimate of drug-likeness (QED) is 0.528. The molecule has 3 N–H and O–H groups in total.